The highest BCUT2D eigenvalue weighted by Crippen LogP contribution is 2.23. The summed E-state index contributed by atoms with van der Waals surface area (Å²) < 4.78 is 9.70. The van der Waals surface area contributed by atoms with Gasteiger partial charge in [-0.3, -0.25) is 9.59 Å². The van der Waals surface area contributed by atoms with Crippen LogP contribution in [0.5, 0.6) is 0 Å². The molecule has 0 fully saturated rings. The number of benzene rings is 1. The summed E-state index contributed by atoms with van der Waals surface area (Å²) in [6.07, 6.45) is 0. The number of thiophene rings is 1. The van der Waals surface area contributed by atoms with Gasteiger partial charge in [-0.15, -0.1) is 11.3 Å². The molecule has 1 atom stereocenters. The second kappa shape index (κ2) is 10.7. The molecule has 1 aromatic carbocycles. The number of hydrogen-bond acceptors (Lipinski definition) is 7. The Kier molecular flexibility index (Phi) is 8.37. The Balaban J connectivity index is 1.96. The summed E-state index contributed by atoms with van der Waals surface area (Å²) in [7, 11) is 1.23. The number of amides is 2. The van der Waals surface area contributed by atoms with Crippen LogP contribution in [0.3, 0.4) is 0 Å². The maximum Gasteiger partial charge on any atom is 0.350 e. The molecule has 8 nitrogen and oxygen atoms in total. The zero-order chi connectivity index (χ0) is 22.3. The molecule has 0 saturated heterocycles. The van der Waals surface area contributed by atoms with Crippen LogP contribution in [0.2, 0.25) is 5.02 Å². The predicted molar refractivity (Wildman–Crippen MR) is 113 cm³/mol. The summed E-state index contributed by atoms with van der Waals surface area (Å²) in [5.74, 6) is -2.80. The van der Waals surface area contributed by atoms with Crippen LogP contribution in [-0.2, 0) is 19.1 Å². The average Bonchev–Trinajstić information content (AvgIpc) is 3.17. The van der Waals surface area contributed by atoms with Crippen molar-refractivity contribution in [2.45, 2.75) is 19.9 Å². The van der Waals surface area contributed by atoms with Crippen molar-refractivity contribution in [3.63, 3.8) is 0 Å². The number of carbonyl (C=O) groups is 4. The number of rotatable bonds is 8. The first-order valence-corrected chi connectivity index (χ1v) is 10.2. The Labute approximate surface area is 182 Å². The van der Waals surface area contributed by atoms with Crippen molar-refractivity contribution in [3.8, 4) is 0 Å². The lowest BCUT2D eigenvalue weighted by Crippen LogP contribution is -2.46. The van der Waals surface area contributed by atoms with E-state index in [1.807, 2.05) is 0 Å². The molecule has 2 aromatic rings. The lowest BCUT2D eigenvalue weighted by atomic mass is 10.0. The summed E-state index contributed by atoms with van der Waals surface area (Å²) in [5, 5.41) is 6.95. The summed E-state index contributed by atoms with van der Waals surface area (Å²) >= 11 is 7.12. The molecule has 160 valence electrons. The lowest BCUT2D eigenvalue weighted by molar-refractivity contribution is -0.150. The number of hydrogen-bond donors (Lipinski definition) is 2. The Morgan fingerprint density at radius 3 is 2.47 bits per heavy atom. The maximum atomic E-state index is 12.4. The van der Waals surface area contributed by atoms with E-state index in [1.165, 1.54) is 19.2 Å². The molecule has 0 radical (unpaired) electrons. The SMILES string of the molecule is COC(=O)c1sccc1NC(=O)COC(=O)[C@@H](NC(=O)c1ccccc1Cl)C(C)C. The highest BCUT2D eigenvalue weighted by Gasteiger charge is 2.27. The minimum atomic E-state index is -0.978. The van der Waals surface area contributed by atoms with E-state index in [9.17, 15) is 19.2 Å². The molecule has 2 rings (SSSR count). The standard InChI is InChI=1S/C20H21ClN2O6S/c1-11(2)16(23-18(25)12-6-4-5-7-13(12)21)19(26)29-10-15(24)22-14-8-9-30-17(14)20(27)28-3/h4-9,11,16H,10H2,1-3H3,(H,22,24)(H,23,25)/t16-/m0/s1. The number of nitrogens with one attached hydrogen (secondary N) is 2. The summed E-state index contributed by atoms with van der Waals surface area (Å²) in [5.41, 5.74) is 0.489. The zero-order valence-electron chi connectivity index (χ0n) is 16.6. The highest BCUT2D eigenvalue weighted by molar-refractivity contribution is 7.12. The molecule has 1 aromatic heterocycles. The van der Waals surface area contributed by atoms with Gasteiger partial charge >= 0.3 is 11.9 Å². The molecule has 0 aliphatic heterocycles. The third kappa shape index (κ3) is 6.04. The van der Waals surface area contributed by atoms with E-state index >= 15 is 0 Å². The number of methoxy groups -OCH3 is 1. The van der Waals surface area contributed by atoms with Gasteiger partial charge in [0.15, 0.2) is 6.61 Å². The van der Waals surface area contributed by atoms with Crippen LogP contribution in [0.1, 0.15) is 33.9 Å². The van der Waals surface area contributed by atoms with Crippen LogP contribution in [0.4, 0.5) is 5.69 Å². The number of halogens is 1. The topological polar surface area (TPSA) is 111 Å². The van der Waals surface area contributed by atoms with Crippen LogP contribution < -0.4 is 10.6 Å². The van der Waals surface area contributed by atoms with Crippen molar-refractivity contribution in [1.29, 1.82) is 0 Å². The third-order valence-corrected chi connectivity index (χ3v) is 5.21. The largest absolute Gasteiger partial charge is 0.465 e. The number of anilines is 1. The smallest absolute Gasteiger partial charge is 0.350 e. The average molecular weight is 453 g/mol. The second-order valence-corrected chi connectivity index (χ2v) is 7.81. The van der Waals surface area contributed by atoms with Crippen molar-refractivity contribution in [3.05, 3.63) is 51.2 Å². The molecule has 2 amide bonds. The normalized spacial score (nSPS) is 11.5. The summed E-state index contributed by atoms with van der Waals surface area (Å²) in [6.45, 7) is 2.88. The van der Waals surface area contributed by atoms with Gasteiger partial charge < -0.3 is 20.1 Å². The Bertz CT molecular complexity index is 943. The molecule has 0 unspecified atom stereocenters. The predicted octanol–water partition coefficient (Wildman–Crippen LogP) is 3.12. The monoisotopic (exact) mass is 452 g/mol. The lowest BCUT2D eigenvalue weighted by Gasteiger charge is -2.21. The van der Waals surface area contributed by atoms with E-state index < -0.39 is 36.4 Å². The van der Waals surface area contributed by atoms with Crippen molar-refractivity contribution in [2.24, 2.45) is 5.92 Å². The van der Waals surface area contributed by atoms with E-state index in [-0.39, 0.29) is 27.1 Å². The number of ether oxygens (including phenoxy) is 2. The second-order valence-electron chi connectivity index (χ2n) is 6.49. The van der Waals surface area contributed by atoms with Gasteiger partial charge in [0.1, 0.15) is 10.9 Å². The molecule has 10 heteroatoms. The van der Waals surface area contributed by atoms with Crippen molar-refractivity contribution >= 4 is 52.4 Å². The van der Waals surface area contributed by atoms with Gasteiger partial charge in [-0.2, -0.15) is 0 Å². The number of esters is 2. The van der Waals surface area contributed by atoms with E-state index in [0.717, 1.165) is 11.3 Å². The highest BCUT2D eigenvalue weighted by atomic mass is 35.5. The molecule has 0 aliphatic carbocycles. The molecular formula is C20H21ClN2O6S. The van der Waals surface area contributed by atoms with E-state index in [2.05, 4.69) is 15.4 Å². The molecule has 2 N–H and O–H groups in total. The molecule has 0 aliphatic rings. The fourth-order valence-electron chi connectivity index (χ4n) is 2.43. The van der Waals surface area contributed by atoms with Crippen LogP contribution in [0.15, 0.2) is 35.7 Å². The minimum absolute atomic E-state index is 0.225. The van der Waals surface area contributed by atoms with Crippen molar-refractivity contribution < 1.29 is 28.7 Å². The number of carbonyl (C=O) groups excluding carboxylic acids is 4. The van der Waals surface area contributed by atoms with Gasteiger partial charge in [-0.05, 0) is 29.5 Å². The van der Waals surface area contributed by atoms with Crippen LogP contribution in [0.25, 0.3) is 0 Å². The molecular weight excluding hydrogens is 432 g/mol. The van der Waals surface area contributed by atoms with Gasteiger partial charge in [-0.25, -0.2) is 9.59 Å². The summed E-state index contributed by atoms with van der Waals surface area (Å²) in [4.78, 5) is 48.9. The van der Waals surface area contributed by atoms with E-state index in [4.69, 9.17) is 16.3 Å². The molecule has 0 saturated carbocycles. The van der Waals surface area contributed by atoms with Gasteiger partial charge in [0.05, 0.1) is 23.4 Å². The van der Waals surface area contributed by atoms with Crippen LogP contribution in [0, 0.1) is 5.92 Å². The fourth-order valence-corrected chi connectivity index (χ4v) is 3.42. The zero-order valence-corrected chi connectivity index (χ0v) is 18.1. The molecule has 30 heavy (non-hydrogen) atoms. The van der Waals surface area contributed by atoms with Gasteiger partial charge in [-0.1, -0.05) is 37.6 Å². The van der Waals surface area contributed by atoms with Crippen molar-refractivity contribution in [2.75, 3.05) is 19.0 Å². The Morgan fingerprint density at radius 2 is 1.83 bits per heavy atom. The minimum Gasteiger partial charge on any atom is -0.465 e. The van der Waals surface area contributed by atoms with Gasteiger partial charge in [0.2, 0.25) is 0 Å². The maximum absolute atomic E-state index is 12.4. The Hall–Kier alpha value is -2.91. The van der Waals surface area contributed by atoms with Crippen LogP contribution in [-0.4, -0.2) is 43.5 Å². The Morgan fingerprint density at radius 1 is 1.13 bits per heavy atom. The van der Waals surface area contributed by atoms with Gasteiger partial charge in [0.25, 0.3) is 11.8 Å². The first kappa shape index (κ1) is 23.4. The molecule has 1 heterocycles. The molecule has 0 spiro atoms. The fraction of sp³-hybridized carbons (Fsp3) is 0.300. The molecule has 0 bridgehead atoms. The quantitative estimate of drug-likeness (QED) is 0.595. The first-order valence-electron chi connectivity index (χ1n) is 8.92. The van der Waals surface area contributed by atoms with Crippen LogP contribution >= 0.6 is 22.9 Å². The first-order chi connectivity index (χ1) is 14.2. The summed E-state index contributed by atoms with van der Waals surface area (Å²) in [6, 6.07) is 7.00. The van der Waals surface area contributed by atoms with E-state index in [1.54, 1.807) is 37.4 Å². The van der Waals surface area contributed by atoms with Crippen molar-refractivity contribution in [1.82, 2.24) is 5.32 Å². The van der Waals surface area contributed by atoms with E-state index in [0.29, 0.717) is 0 Å². The third-order valence-electron chi connectivity index (χ3n) is 3.98. The van der Waals surface area contributed by atoms with Gasteiger partial charge in [0, 0.05) is 0 Å².